The summed E-state index contributed by atoms with van der Waals surface area (Å²) in [5, 5.41) is 20.2. The third kappa shape index (κ3) is 6.83. The molecule has 3 aromatic heterocycles. The smallest absolute Gasteiger partial charge is 0.319 e. The Labute approximate surface area is 241 Å². The highest BCUT2D eigenvalue weighted by molar-refractivity contribution is 6.31. The highest BCUT2D eigenvalue weighted by Crippen LogP contribution is 2.30. The van der Waals surface area contributed by atoms with Gasteiger partial charge in [0.1, 0.15) is 5.82 Å². The maximum absolute atomic E-state index is 14.1. The van der Waals surface area contributed by atoms with Crippen molar-refractivity contribution in [3.05, 3.63) is 78.3 Å². The summed E-state index contributed by atoms with van der Waals surface area (Å²) in [6.07, 6.45) is 12.0. The van der Waals surface area contributed by atoms with Crippen LogP contribution in [0.25, 0.3) is 5.65 Å². The standard InChI is InChI=1S/C28H31ClFN9O2/c1-3-19(29)21(4-2)37-28(41)35-18-9-7-17(8-10-18)34-25-13-23(33-16-5-6-16)26-32-15-24(39(26)38-25)27(40)36-22-11-12-31-14-20(22)30/h3-4,11-18,33H,1-2,5-10H2,(H,34,38)(H,31,36,40)(H2,35,37,41)/b21-19-. The van der Waals surface area contributed by atoms with Gasteiger partial charge in [-0.05, 0) is 56.7 Å². The van der Waals surface area contributed by atoms with Crippen molar-refractivity contribution >= 4 is 46.4 Å². The van der Waals surface area contributed by atoms with Gasteiger partial charge >= 0.3 is 6.03 Å². The van der Waals surface area contributed by atoms with Gasteiger partial charge in [-0.25, -0.2) is 18.7 Å². The SMILES string of the molecule is C=C/C(Cl)=C(\C=C)NC(=O)NC1CCC(Nc2cc(NC3CC3)c3ncc(C(=O)Nc4ccncc4F)n3n2)CC1. The molecule has 214 valence electrons. The maximum Gasteiger partial charge on any atom is 0.319 e. The normalized spacial score (nSPS) is 19.1. The first-order valence-electron chi connectivity index (χ1n) is 13.4. The second-order valence-corrected chi connectivity index (χ2v) is 10.4. The van der Waals surface area contributed by atoms with E-state index >= 15 is 0 Å². The first-order chi connectivity index (χ1) is 19.8. The molecule has 3 heterocycles. The Bertz CT molecular complexity index is 1510. The molecule has 0 bridgehead atoms. The third-order valence-corrected chi connectivity index (χ3v) is 7.32. The average Bonchev–Trinajstić information content (AvgIpc) is 3.68. The Morgan fingerprint density at radius 1 is 1.00 bits per heavy atom. The van der Waals surface area contributed by atoms with E-state index in [4.69, 9.17) is 11.6 Å². The minimum Gasteiger partial charge on any atom is -0.379 e. The first-order valence-corrected chi connectivity index (χ1v) is 13.8. The van der Waals surface area contributed by atoms with Gasteiger partial charge < -0.3 is 26.6 Å². The van der Waals surface area contributed by atoms with E-state index in [-0.39, 0.29) is 29.5 Å². The number of amides is 3. The zero-order valence-corrected chi connectivity index (χ0v) is 23.0. The Balaban J connectivity index is 1.26. The molecule has 0 spiro atoms. The molecule has 5 rings (SSSR count). The molecule has 41 heavy (non-hydrogen) atoms. The lowest BCUT2D eigenvalue weighted by Crippen LogP contribution is -2.44. The molecule has 0 unspecified atom stereocenters. The molecule has 2 fully saturated rings. The van der Waals surface area contributed by atoms with Crippen LogP contribution in [0.15, 0.2) is 66.8 Å². The maximum atomic E-state index is 14.1. The lowest BCUT2D eigenvalue weighted by atomic mass is 9.91. The van der Waals surface area contributed by atoms with E-state index in [1.54, 1.807) is 0 Å². The molecular formula is C28H31ClFN9O2. The number of urea groups is 1. The molecule has 2 aliphatic rings. The van der Waals surface area contributed by atoms with Crippen molar-refractivity contribution in [2.24, 2.45) is 0 Å². The summed E-state index contributed by atoms with van der Waals surface area (Å²) < 4.78 is 15.6. The quantitative estimate of drug-likeness (QED) is 0.215. The van der Waals surface area contributed by atoms with Crippen LogP contribution in [-0.2, 0) is 0 Å². The number of nitrogens with zero attached hydrogens (tertiary/aromatic N) is 4. The van der Waals surface area contributed by atoms with Crippen molar-refractivity contribution < 1.29 is 14.0 Å². The predicted octanol–water partition coefficient (Wildman–Crippen LogP) is 4.93. The fourth-order valence-corrected chi connectivity index (χ4v) is 4.79. The summed E-state index contributed by atoms with van der Waals surface area (Å²) in [6.45, 7) is 7.26. The van der Waals surface area contributed by atoms with E-state index in [0.29, 0.717) is 28.2 Å². The highest BCUT2D eigenvalue weighted by Gasteiger charge is 2.26. The summed E-state index contributed by atoms with van der Waals surface area (Å²) in [5.74, 6) is -0.600. The molecule has 13 heteroatoms. The minimum atomic E-state index is -0.637. The molecule has 0 atom stereocenters. The number of allylic oxidation sites excluding steroid dienone is 3. The van der Waals surface area contributed by atoms with Crippen LogP contribution in [0.2, 0.25) is 0 Å². The molecule has 11 nitrogen and oxygen atoms in total. The van der Waals surface area contributed by atoms with E-state index in [9.17, 15) is 14.0 Å². The topological polar surface area (TPSA) is 137 Å². The second-order valence-electron chi connectivity index (χ2n) is 10.0. The van der Waals surface area contributed by atoms with Gasteiger partial charge in [0.05, 0.1) is 34.5 Å². The van der Waals surface area contributed by atoms with Gasteiger partial charge in [-0.1, -0.05) is 24.8 Å². The van der Waals surface area contributed by atoms with Crippen LogP contribution >= 0.6 is 11.6 Å². The number of fused-ring (bicyclic) bond motifs is 1. The largest absolute Gasteiger partial charge is 0.379 e. The van der Waals surface area contributed by atoms with Crippen molar-refractivity contribution in [1.29, 1.82) is 0 Å². The van der Waals surface area contributed by atoms with Crippen LogP contribution in [0.3, 0.4) is 0 Å². The highest BCUT2D eigenvalue weighted by atomic mass is 35.5. The van der Waals surface area contributed by atoms with Gasteiger partial charge in [-0.2, -0.15) is 0 Å². The van der Waals surface area contributed by atoms with Crippen LogP contribution in [0.5, 0.6) is 0 Å². The number of nitrogens with one attached hydrogen (secondary N) is 5. The molecule has 2 saturated carbocycles. The van der Waals surface area contributed by atoms with E-state index in [0.717, 1.165) is 50.4 Å². The number of carbonyl (C=O) groups excluding carboxylic acids is 2. The van der Waals surface area contributed by atoms with Gasteiger partial charge in [-0.3, -0.25) is 9.78 Å². The lowest BCUT2D eigenvalue weighted by molar-refractivity contribution is 0.102. The van der Waals surface area contributed by atoms with E-state index in [2.05, 4.69) is 54.8 Å². The van der Waals surface area contributed by atoms with Crippen molar-refractivity contribution in [2.45, 2.75) is 56.7 Å². The Morgan fingerprint density at radius 3 is 2.39 bits per heavy atom. The summed E-state index contributed by atoms with van der Waals surface area (Å²) in [4.78, 5) is 33.6. The third-order valence-electron chi connectivity index (χ3n) is 6.96. The first kappa shape index (κ1) is 28.1. The Morgan fingerprint density at radius 2 is 1.71 bits per heavy atom. The second kappa shape index (κ2) is 12.4. The van der Waals surface area contributed by atoms with E-state index in [1.165, 1.54) is 35.1 Å². The van der Waals surface area contributed by atoms with Crippen LogP contribution in [0, 0.1) is 5.82 Å². The molecule has 3 amide bonds. The average molecular weight is 580 g/mol. The van der Waals surface area contributed by atoms with Gasteiger partial charge in [0.25, 0.3) is 5.91 Å². The van der Waals surface area contributed by atoms with Crippen LogP contribution in [-0.4, -0.2) is 49.6 Å². The number of hydrogen-bond donors (Lipinski definition) is 5. The summed E-state index contributed by atoms with van der Waals surface area (Å²) >= 11 is 6.04. The number of pyridine rings is 1. The molecule has 0 aromatic carbocycles. The van der Waals surface area contributed by atoms with Crippen molar-refractivity contribution in [1.82, 2.24) is 30.2 Å². The number of rotatable bonds is 10. The molecule has 3 aromatic rings. The zero-order valence-electron chi connectivity index (χ0n) is 22.3. The van der Waals surface area contributed by atoms with Crippen LogP contribution < -0.4 is 26.6 Å². The van der Waals surface area contributed by atoms with Crippen molar-refractivity contribution in [3.8, 4) is 0 Å². The minimum absolute atomic E-state index is 0.00156. The van der Waals surface area contributed by atoms with E-state index in [1.807, 2.05) is 6.07 Å². The van der Waals surface area contributed by atoms with Gasteiger partial charge in [0.2, 0.25) is 0 Å². The van der Waals surface area contributed by atoms with Gasteiger partial charge in [0.15, 0.2) is 17.2 Å². The Kier molecular flexibility index (Phi) is 8.48. The summed E-state index contributed by atoms with van der Waals surface area (Å²) in [6, 6.07) is 3.39. The monoisotopic (exact) mass is 579 g/mol. The van der Waals surface area contributed by atoms with E-state index < -0.39 is 11.7 Å². The Hall–Kier alpha value is -4.45. The molecular weight excluding hydrogens is 549 g/mol. The molecule has 0 radical (unpaired) electrons. The summed E-state index contributed by atoms with van der Waals surface area (Å²) in [7, 11) is 0. The van der Waals surface area contributed by atoms with Crippen LogP contribution in [0.4, 0.5) is 26.4 Å². The van der Waals surface area contributed by atoms with Crippen molar-refractivity contribution in [2.75, 3.05) is 16.0 Å². The summed E-state index contributed by atoms with van der Waals surface area (Å²) in [5.41, 5.74) is 1.85. The predicted molar refractivity (Wildman–Crippen MR) is 156 cm³/mol. The number of aromatic nitrogens is 4. The fourth-order valence-electron chi connectivity index (χ4n) is 4.66. The number of imidazole rings is 1. The van der Waals surface area contributed by atoms with Crippen LogP contribution in [0.1, 0.15) is 49.0 Å². The number of anilines is 3. The lowest BCUT2D eigenvalue weighted by Gasteiger charge is -2.30. The molecule has 5 N–H and O–H groups in total. The zero-order chi connectivity index (χ0) is 28.9. The molecule has 0 saturated heterocycles. The number of halogens is 2. The number of hydrogen-bond acceptors (Lipinski definition) is 7. The molecule has 0 aliphatic heterocycles. The van der Waals surface area contributed by atoms with Crippen molar-refractivity contribution in [3.63, 3.8) is 0 Å². The molecule has 2 aliphatic carbocycles. The van der Waals surface area contributed by atoms with Gasteiger partial charge in [-0.15, -0.1) is 5.10 Å². The van der Waals surface area contributed by atoms with Gasteiger partial charge in [0, 0.05) is 30.4 Å². The fraction of sp³-hybridized carbons (Fsp3) is 0.321. The number of carbonyl (C=O) groups is 2.